The van der Waals surface area contributed by atoms with Crippen molar-refractivity contribution in [3.63, 3.8) is 0 Å². The largest absolute Gasteiger partial charge is 0.573 e. The van der Waals surface area contributed by atoms with E-state index in [2.05, 4.69) is 25.1 Å². The minimum absolute atomic E-state index is 0.00479. The van der Waals surface area contributed by atoms with Crippen molar-refractivity contribution in [3.8, 4) is 22.9 Å². The number of hydrogen-bond acceptors (Lipinski definition) is 7. The SMILES string of the molecule is Cc1ccc(-n2nccn2)c(C(=O)N2CCCC2c2nnc(-c3ccccc3OC(F)(F)F)o2)c1. The van der Waals surface area contributed by atoms with Crippen LogP contribution < -0.4 is 4.74 Å². The maximum atomic E-state index is 13.6. The Labute approximate surface area is 197 Å². The van der Waals surface area contributed by atoms with Crippen molar-refractivity contribution in [2.24, 2.45) is 0 Å². The number of hydrogen-bond donors (Lipinski definition) is 0. The molecule has 2 aromatic carbocycles. The highest BCUT2D eigenvalue weighted by Gasteiger charge is 2.36. The van der Waals surface area contributed by atoms with E-state index >= 15 is 0 Å². The Balaban J connectivity index is 1.45. The van der Waals surface area contributed by atoms with E-state index in [0.29, 0.717) is 30.6 Å². The highest BCUT2D eigenvalue weighted by molar-refractivity contribution is 5.98. The number of ether oxygens (including phenoxy) is 1. The molecule has 0 N–H and O–H groups in total. The third kappa shape index (κ3) is 4.59. The van der Waals surface area contributed by atoms with E-state index in [-0.39, 0.29) is 23.3 Å². The predicted molar refractivity (Wildman–Crippen MR) is 116 cm³/mol. The Morgan fingerprint density at radius 1 is 1.11 bits per heavy atom. The monoisotopic (exact) mass is 484 g/mol. The van der Waals surface area contributed by atoms with Crippen LogP contribution in [0.2, 0.25) is 0 Å². The van der Waals surface area contributed by atoms with Gasteiger partial charge in [0.05, 0.1) is 29.2 Å². The topological polar surface area (TPSA) is 99.2 Å². The summed E-state index contributed by atoms with van der Waals surface area (Å²) in [7, 11) is 0. The molecule has 1 unspecified atom stereocenters. The molecule has 1 fully saturated rings. The van der Waals surface area contributed by atoms with Crippen molar-refractivity contribution in [2.75, 3.05) is 6.54 Å². The first-order valence-electron chi connectivity index (χ1n) is 10.8. The van der Waals surface area contributed by atoms with Crippen LogP contribution in [-0.4, -0.2) is 48.9 Å². The second kappa shape index (κ2) is 8.85. The second-order valence-electron chi connectivity index (χ2n) is 7.99. The number of halogens is 3. The van der Waals surface area contributed by atoms with Crippen molar-refractivity contribution in [2.45, 2.75) is 32.2 Å². The zero-order valence-corrected chi connectivity index (χ0v) is 18.4. The molecule has 1 aliphatic heterocycles. The van der Waals surface area contributed by atoms with E-state index < -0.39 is 18.2 Å². The molecule has 0 bridgehead atoms. The minimum atomic E-state index is -4.87. The molecule has 4 aromatic rings. The zero-order chi connectivity index (χ0) is 24.6. The van der Waals surface area contributed by atoms with Crippen molar-refractivity contribution in [3.05, 3.63) is 71.9 Å². The van der Waals surface area contributed by atoms with Gasteiger partial charge in [-0.3, -0.25) is 4.79 Å². The maximum Gasteiger partial charge on any atom is 0.573 e. The Kier molecular flexibility index (Phi) is 5.71. The lowest BCUT2D eigenvalue weighted by atomic mass is 10.1. The van der Waals surface area contributed by atoms with Crippen LogP contribution in [0.25, 0.3) is 17.1 Å². The summed E-state index contributed by atoms with van der Waals surface area (Å²) < 4.78 is 48.3. The number of rotatable bonds is 5. The molecule has 1 saturated heterocycles. The fraction of sp³-hybridized carbons (Fsp3) is 0.261. The Morgan fingerprint density at radius 3 is 2.66 bits per heavy atom. The van der Waals surface area contributed by atoms with Gasteiger partial charge in [-0.2, -0.15) is 15.0 Å². The summed E-state index contributed by atoms with van der Waals surface area (Å²) in [6, 6.07) is 10.4. The first-order chi connectivity index (χ1) is 16.8. The van der Waals surface area contributed by atoms with Gasteiger partial charge in [-0.1, -0.05) is 23.8 Å². The van der Waals surface area contributed by atoms with E-state index in [9.17, 15) is 18.0 Å². The fourth-order valence-corrected chi connectivity index (χ4v) is 4.09. The number of carbonyl (C=O) groups is 1. The van der Waals surface area contributed by atoms with Crippen LogP contribution in [0.15, 0.2) is 59.3 Å². The molecule has 9 nitrogen and oxygen atoms in total. The highest BCUT2D eigenvalue weighted by Crippen LogP contribution is 2.37. The van der Waals surface area contributed by atoms with Crippen molar-refractivity contribution in [1.82, 2.24) is 30.1 Å². The smallest absolute Gasteiger partial charge is 0.418 e. The van der Waals surface area contributed by atoms with Crippen LogP contribution in [0.5, 0.6) is 5.75 Å². The summed E-state index contributed by atoms with van der Waals surface area (Å²) >= 11 is 0. The van der Waals surface area contributed by atoms with Crippen molar-refractivity contribution >= 4 is 5.91 Å². The van der Waals surface area contributed by atoms with Gasteiger partial charge in [-0.25, -0.2) is 0 Å². The Morgan fingerprint density at radius 2 is 1.89 bits per heavy atom. The average Bonchev–Trinajstić information content (AvgIpc) is 3.59. The van der Waals surface area contributed by atoms with Gasteiger partial charge in [0.25, 0.3) is 11.8 Å². The summed E-state index contributed by atoms with van der Waals surface area (Å²) in [4.78, 5) is 16.6. The molecule has 1 amide bonds. The number of aryl methyl sites for hydroxylation is 1. The van der Waals surface area contributed by atoms with Gasteiger partial charge in [0.1, 0.15) is 11.8 Å². The zero-order valence-electron chi connectivity index (χ0n) is 18.4. The number of alkyl halides is 3. The molecule has 0 aliphatic carbocycles. The molecule has 1 atom stereocenters. The summed E-state index contributed by atoms with van der Waals surface area (Å²) in [5.74, 6) is -0.704. The molecule has 0 saturated carbocycles. The number of benzene rings is 2. The van der Waals surface area contributed by atoms with Gasteiger partial charge in [0, 0.05) is 6.54 Å². The molecular weight excluding hydrogens is 465 g/mol. The van der Waals surface area contributed by atoms with Gasteiger partial charge in [-0.15, -0.1) is 23.4 Å². The van der Waals surface area contributed by atoms with Crippen LogP contribution >= 0.6 is 0 Å². The quantitative estimate of drug-likeness (QED) is 0.411. The molecule has 0 spiro atoms. The lowest BCUT2D eigenvalue weighted by molar-refractivity contribution is -0.274. The first kappa shape index (κ1) is 22.6. The van der Waals surface area contributed by atoms with Crippen LogP contribution in [-0.2, 0) is 0 Å². The van der Waals surface area contributed by atoms with Crippen molar-refractivity contribution in [1.29, 1.82) is 0 Å². The molecule has 2 aromatic heterocycles. The number of nitrogens with zero attached hydrogens (tertiary/aromatic N) is 6. The number of para-hydroxylation sites is 1. The van der Waals surface area contributed by atoms with E-state index in [1.165, 1.54) is 41.5 Å². The number of carbonyl (C=O) groups excluding carboxylic acids is 1. The summed E-state index contributed by atoms with van der Waals surface area (Å²) in [5, 5.41) is 16.3. The van der Waals surface area contributed by atoms with Crippen LogP contribution in [0.4, 0.5) is 13.2 Å². The summed E-state index contributed by atoms with van der Waals surface area (Å²) in [6.07, 6.45) is -0.568. The van der Waals surface area contributed by atoms with E-state index in [0.717, 1.165) is 5.56 Å². The molecule has 1 aliphatic rings. The second-order valence-corrected chi connectivity index (χ2v) is 7.99. The average molecular weight is 484 g/mol. The van der Waals surface area contributed by atoms with Crippen LogP contribution in [0, 0.1) is 6.92 Å². The third-order valence-corrected chi connectivity index (χ3v) is 5.60. The maximum absolute atomic E-state index is 13.6. The van der Waals surface area contributed by atoms with Gasteiger partial charge in [0.2, 0.25) is 5.89 Å². The molecule has 12 heteroatoms. The molecule has 0 radical (unpaired) electrons. The number of aromatic nitrogens is 5. The number of amides is 1. The van der Waals surface area contributed by atoms with E-state index in [1.54, 1.807) is 17.0 Å². The first-order valence-corrected chi connectivity index (χ1v) is 10.8. The Hall–Kier alpha value is -4.22. The third-order valence-electron chi connectivity index (χ3n) is 5.60. The van der Waals surface area contributed by atoms with Gasteiger partial charge >= 0.3 is 6.36 Å². The van der Waals surface area contributed by atoms with Crippen LogP contribution in [0.3, 0.4) is 0 Å². The molecular formula is C23H19F3N6O3. The van der Waals surface area contributed by atoms with Gasteiger partial charge in [0.15, 0.2) is 0 Å². The normalized spacial score (nSPS) is 16.0. The Bertz CT molecular complexity index is 1350. The van der Waals surface area contributed by atoms with E-state index in [4.69, 9.17) is 4.42 Å². The summed E-state index contributed by atoms with van der Waals surface area (Å²) in [6.45, 7) is 2.33. The van der Waals surface area contributed by atoms with Gasteiger partial charge in [-0.05, 0) is 44.0 Å². The van der Waals surface area contributed by atoms with Gasteiger partial charge < -0.3 is 14.1 Å². The standard InChI is InChI=1S/C23H19F3N6O3/c1-14-8-9-17(32-27-10-11-28-32)16(13-14)22(33)31-12-4-6-18(31)21-30-29-20(34-21)15-5-2-3-7-19(15)35-23(24,25)26/h2-3,5,7-11,13,18H,4,6,12H2,1H3. The molecule has 3 heterocycles. The molecule has 180 valence electrons. The highest BCUT2D eigenvalue weighted by atomic mass is 19.4. The predicted octanol–water partition coefficient (Wildman–Crippen LogP) is 4.50. The van der Waals surface area contributed by atoms with E-state index in [1.807, 2.05) is 13.0 Å². The van der Waals surface area contributed by atoms with Crippen molar-refractivity contribution < 1.29 is 27.1 Å². The molecule has 5 rings (SSSR count). The lowest BCUT2D eigenvalue weighted by Gasteiger charge is -2.23. The lowest BCUT2D eigenvalue weighted by Crippen LogP contribution is -2.31. The number of likely N-dealkylation sites (tertiary alicyclic amines) is 1. The van der Waals surface area contributed by atoms with Crippen LogP contribution in [0.1, 0.15) is 40.7 Å². The fourth-order valence-electron chi connectivity index (χ4n) is 4.09. The minimum Gasteiger partial charge on any atom is -0.418 e. The summed E-state index contributed by atoms with van der Waals surface area (Å²) in [5.41, 5.74) is 1.84. The molecule has 35 heavy (non-hydrogen) atoms.